The molecule has 0 fully saturated rings. The average Bonchev–Trinajstić information content (AvgIpc) is 3.19. The Bertz CT molecular complexity index is 1820. The van der Waals surface area contributed by atoms with Gasteiger partial charge in [-0.25, -0.2) is 0 Å². The fraction of sp³-hybridized carbons (Fsp3) is 0.128. The first-order chi connectivity index (χ1) is 24.5. The summed E-state index contributed by atoms with van der Waals surface area (Å²) in [4.78, 5) is 1.13. The van der Waals surface area contributed by atoms with Crippen molar-refractivity contribution >= 4 is 82.0 Å². The van der Waals surface area contributed by atoms with E-state index in [1.54, 1.807) is 18.8 Å². The zero-order valence-electron chi connectivity index (χ0n) is 28.1. The zero-order chi connectivity index (χ0) is 35.0. The fourth-order valence-corrected chi connectivity index (χ4v) is 9.63. The molecule has 5 aromatic rings. The van der Waals surface area contributed by atoms with E-state index >= 15 is 0 Å². The van der Waals surface area contributed by atoms with Gasteiger partial charge in [-0.1, -0.05) is 97.1 Å². The normalized spacial score (nSPS) is 12.6. The Kier molecular flexibility index (Phi) is 16.3. The van der Waals surface area contributed by atoms with Crippen LogP contribution in [0.3, 0.4) is 0 Å². The van der Waals surface area contributed by atoms with Crippen molar-refractivity contribution in [2.24, 2.45) is 20.4 Å². The maximum atomic E-state index is 6.49. The molecule has 0 aliphatic carbocycles. The summed E-state index contributed by atoms with van der Waals surface area (Å²) in [7, 11) is -0.399. The Labute approximate surface area is 327 Å². The number of rotatable bonds is 14. The molecule has 51 heavy (non-hydrogen) atoms. The smallest absolute Gasteiger partial charge is 0.741 e. The third kappa shape index (κ3) is 10.8. The van der Waals surface area contributed by atoms with Crippen LogP contribution in [-0.4, -0.2) is 54.6 Å². The van der Waals surface area contributed by atoms with Crippen molar-refractivity contribution in [3.8, 4) is 0 Å². The summed E-state index contributed by atoms with van der Waals surface area (Å²) in [6.07, 6.45) is 2.58. The number of benzene rings is 5. The molecule has 0 atom stereocenters. The predicted octanol–water partition coefficient (Wildman–Crippen LogP) is 6.10. The van der Waals surface area contributed by atoms with Crippen LogP contribution in [0.5, 0.6) is 0 Å². The quantitative estimate of drug-likeness (QED) is 0.0207. The molecule has 0 unspecified atom stereocenters. The Morgan fingerprint density at radius 3 is 1.49 bits per heavy atom. The Morgan fingerprint density at radius 2 is 1.04 bits per heavy atom. The van der Waals surface area contributed by atoms with Gasteiger partial charge < -0.3 is 40.6 Å². The van der Waals surface area contributed by atoms with Crippen LogP contribution in [0.4, 0.5) is 0 Å². The molecule has 0 saturated carbocycles. The van der Waals surface area contributed by atoms with E-state index in [1.165, 1.54) is 15.9 Å². The van der Waals surface area contributed by atoms with Crippen LogP contribution in [-0.2, 0) is 47.1 Å². The van der Waals surface area contributed by atoms with Gasteiger partial charge in [0.05, 0.1) is 6.61 Å². The summed E-state index contributed by atoms with van der Waals surface area (Å²) in [5, 5.41) is 28.1. The van der Waals surface area contributed by atoms with Gasteiger partial charge in [-0.2, -0.15) is 10.2 Å². The molecule has 263 valence electrons. The Morgan fingerprint density at radius 1 is 0.608 bits per heavy atom. The van der Waals surface area contributed by atoms with Crippen LogP contribution in [0.1, 0.15) is 11.1 Å². The van der Waals surface area contributed by atoms with Gasteiger partial charge in [0, 0.05) is 29.6 Å². The molecule has 1 radical (unpaired) electrons. The minimum atomic E-state index is -2.10. The number of nitrogens with one attached hydrogen (secondary N) is 2. The van der Waals surface area contributed by atoms with Crippen molar-refractivity contribution in [2.75, 3.05) is 32.8 Å². The first-order valence-electron chi connectivity index (χ1n) is 15.9. The summed E-state index contributed by atoms with van der Waals surface area (Å²) in [5.41, 5.74) is 2.65. The van der Waals surface area contributed by atoms with E-state index in [0.29, 0.717) is 30.9 Å². The zero-order valence-corrected chi connectivity index (χ0v) is 32.4. The molecule has 12 heteroatoms. The minimum absolute atomic E-state index is 0. The second-order valence-electron chi connectivity index (χ2n) is 10.8. The Hall–Kier alpha value is -3.92. The standard InChI is InChI=1S/C39H39N6OPS3.Cu/c1-40-38(48)44-42-37(31-23-25-35(50-2)26-24-31)36(30-15-7-3-8-16-30)43-45-39(49)41-27-28-46-29-47(32-17-9-4-10-18-32,33-19-11-5-12-20-33)34-21-13-6-14-22-34;/h3-26H,27-29H2,1-2H3,(H3-,40,41,42,43,44,45,48,49);/q;+2/p-1. The molecule has 7 nitrogen and oxygen atoms in total. The van der Waals surface area contributed by atoms with E-state index in [0.717, 1.165) is 16.0 Å². The summed E-state index contributed by atoms with van der Waals surface area (Å²) >= 11 is 12.5. The molecule has 5 aromatic carbocycles. The van der Waals surface area contributed by atoms with Crippen LogP contribution < -0.4 is 26.5 Å². The third-order valence-corrected chi connectivity index (χ3v) is 13.1. The van der Waals surface area contributed by atoms with Gasteiger partial charge in [0.15, 0.2) is 6.35 Å². The van der Waals surface area contributed by atoms with Crippen molar-refractivity contribution in [3.05, 3.63) is 157 Å². The number of nitrogens with zero attached hydrogens (tertiary/aromatic N) is 4. The predicted molar refractivity (Wildman–Crippen MR) is 220 cm³/mol. The van der Waals surface area contributed by atoms with E-state index in [2.05, 4.69) is 122 Å². The van der Waals surface area contributed by atoms with Crippen molar-refractivity contribution in [1.29, 1.82) is 0 Å². The van der Waals surface area contributed by atoms with Crippen LogP contribution in [0, 0.1) is 0 Å². The number of ether oxygens (including phenoxy) is 1. The molecule has 0 heterocycles. The van der Waals surface area contributed by atoms with Crippen molar-refractivity contribution in [3.63, 3.8) is 0 Å². The van der Waals surface area contributed by atoms with Crippen molar-refractivity contribution in [1.82, 2.24) is 10.6 Å². The molecular formula is C39H38CuN6OPS3+. The van der Waals surface area contributed by atoms with Gasteiger partial charge in [0.2, 0.25) is 0 Å². The minimum Gasteiger partial charge on any atom is -0.741 e. The molecule has 0 bridgehead atoms. The molecule has 0 aliphatic rings. The van der Waals surface area contributed by atoms with Crippen molar-refractivity contribution < 1.29 is 21.8 Å². The monoisotopic (exact) mass is 796 g/mol. The summed E-state index contributed by atoms with van der Waals surface area (Å²) < 4.78 is 6.49. The van der Waals surface area contributed by atoms with Gasteiger partial charge in [-0.3, -0.25) is 0 Å². The maximum Gasteiger partial charge on any atom is 2.00 e. The van der Waals surface area contributed by atoms with Gasteiger partial charge in [-0.15, -0.1) is 22.0 Å². The second-order valence-corrected chi connectivity index (χ2v) is 15.9. The first kappa shape index (κ1) is 39.9. The van der Waals surface area contributed by atoms with Gasteiger partial charge in [-0.05, 0) is 65.1 Å². The number of thioether (sulfide) groups is 1. The molecule has 0 amide bonds. The molecule has 0 aromatic heterocycles. The maximum absolute atomic E-state index is 6.49. The molecular weight excluding hydrogens is 759 g/mol. The fourth-order valence-electron chi connectivity index (χ4n) is 5.25. The van der Waals surface area contributed by atoms with E-state index in [1.807, 2.05) is 60.9 Å². The molecule has 5 rings (SSSR count). The van der Waals surface area contributed by atoms with Crippen LogP contribution >= 0.6 is 19.0 Å². The van der Waals surface area contributed by atoms with Gasteiger partial charge in [0.1, 0.15) is 34.6 Å². The number of hydrogen-bond donors (Lipinski definition) is 2. The van der Waals surface area contributed by atoms with Crippen LogP contribution in [0.15, 0.2) is 171 Å². The van der Waals surface area contributed by atoms with E-state index in [4.69, 9.17) is 30.0 Å². The average molecular weight is 797 g/mol. The second kappa shape index (κ2) is 20.8. The number of hydrogen-bond acceptors (Lipinski definition) is 8. The molecule has 0 aliphatic heterocycles. The largest absolute Gasteiger partial charge is 2.00 e. The third-order valence-electron chi connectivity index (χ3n) is 7.73. The SMILES string of the molecule is CN/C([S-])=N/N=C(/C(=N/N=C(\[S-])NCCOC[P+](c1ccccc1)(c1ccccc1)c1ccccc1)c1ccccc1)c1ccc(SC)cc1.[Cu+2]. The topological polar surface area (TPSA) is 82.7 Å². The summed E-state index contributed by atoms with van der Waals surface area (Å²) in [5.74, 6) is 0. The van der Waals surface area contributed by atoms with E-state index < -0.39 is 7.26 Å². The van der Waals surface area contributed by atoms with Crippen LogP contribution in [0.25, 0.3) is 0 Å². The summed E-state index contributed by atoms with van der Waals surface area (Å²) in [6, 6.07) is 49.7. The number of amidine groups is 2. The van der Waals surface area contributed by atoms with E-state index in [-0.39, 0.29) is 27.4 Å². The van der Waals surface area contributed by atoms with E-state index in [9.17, 15) is 0 Å². The molecule has 0 spiro atoms. The molecule has 0 saturated heterocycles. The Balaban J connectivity index is 0.00000583. The molecule has 2 N–H and O–H groups in total. The summed E-state index contributed by atoms with van der Waals surface area (Å²) in [6.45, 7) is 0.883. The van der Waals surface area contributed by atoms with Crippen LogP contribution in [0.2, 0.25) is 0 Å². The first-order valence-corrected chi connectivity index (χ1v) is 20.0. The van der Waals surface area contributed by atoms with Crippen molar-refractivity contribution in [2.45, 2.75) is 4.90 Å². The van der Waals surface area contributed by atoms with Gasteiger partial charge in [0.25, 0.3) is 0 Å². The van der Waals surface area contributed by atoms with Gasteiger partial charge >= 0.3 is 17.1 Å².